The largest absolute Gasteiger partial charge is 0.312 e. The van der Waals surface area contributed by atoms with Crippen LogP contribution in [0.1, 0.15) is 57.4 Å². The van der Waals surface area contributed by atoms with Crippen molar-refractivity contribution in [3.63, 3.8) is 0 Å². The molecule has 2 spiro atoms. The van der Waals surface area contributed by atoms with E-state index in [1.54, 1.807) is 0 Å². The number of carbonyl (C=O) groups is 1. The fraction of sp³-hybridized carbons (Fsp3) is 0.632. The van der Waals surface area contributed by atoms with Crippen molar-refractivity contribution in [2.75, 3.05) is 11.4 Å². The van der Waals surface area contributed by atoms with Crippen molar-refractivity contribution in [2.24, 2.45) is 10.8 Å². The van der Waals surface area contributed by atoms with E-state index in [0.717, 1.165) is 37.9 Å². The molecule has 3 fully saturated rings. The van der Waals surface area contributed by atoms with Gasteiger partial charge in [0.25, 0.3) is 0 Å². The van der Waals surface area contributed by atoms with Crippen LogP contribution in [0.15, 0.2) is 24.3 Å². The third-order valence-corrected chi connectivity index (χ3v) is 6.39. The van der Waals surface area contributed by atoms with Crippen molar-refractivity contribution >= 4 is 11.6 Å². The minimum atomic E-state index is -0.0166. The van der Waals surface area contributed by atoms with Crippen LogP contribution in [-0.4, -0.2) is 12.5 Å². The second-order valence-corrected chi connectivity index (χ2v) is 7.51. The molecule has 1 aliphatic heterocycles. The molecule has 3 aliphatic rings. The Hall–Kier alpha value is -1.31. The average Bonchev–Trinajstić information content (AvgIpc) is 3.22. The number of aryl methyl sites for hydroxylation is 1. The van der Waals surface area contributed by atoms with Gasteiger partial charge in [-0.3, -0.25) is 4.79 Å². The van der Waals surface area contributed by atoms with Crippen LogP contribution in [0.5, 0.6) is 0 Å². The molecule has 1 aromatic carbocycles. The predicted octanol–water partition coefficient (Wildman–Crippen LogP) is 4.33. The van der Waals surface area contributed by atoms with E-state index in [1.165, 1.54) is 31.2 Å². The predicted molar refractivity (Wildman–Crippen MR) is 85.4 cm³/mol. The lowest BCUT2D eigenvalue weighted by molar-refractivity contribution is -0.127. The number of hydrogen-bond acceptors (Lipinski definition) is 1. The lowest BCUT2D eigenvalue weighted by Gasteiger charge is -2.36. The van der Waals surface area contributed by atoms with Gasteiger partial charge < -0.3 is 4.90 Å². The maximum absolute atomic E-state index is 13.0. The van der Waals surface area contributed by atoms with Crippen molar-refractivity contribution in [3.05, 3.63) is 29.8 Å². The summed E-state index contributed by atoms with van der Waals surface area (Å²) in [6, 6.07) is 8.57. The Labute approximate surface area is 127 Å². The first-order valence-corrected chi connectivity index (χ1v) is 8.57. The van der Waals surface area contributed by atoms with Gasteiger partial charge in [0.05, 0.1) is 5.41 Å². The first-order valence-electron chi connectivity index (χ1n) is 8.57. The van der Waals surface area contributed by atoms with Gasteiger partial charge >= 0.3 is 0 Å². The topological polar surface area (TPSA) is 20.3 Å². The number of hydrogen-bond donors (Lipinski definition) is 0. The molecule has 2 saturated carbocycles. The van der Waals surface area contributed by atoms with Gasteiger partial charge in [0.2, 0.25) is 5.91 Å². The van der Waals surface area contributed by atoms with E-state index < -0.39 is 0 Å². The maximum Gasteiger partial charge on any atom is 0.233 e. The Morgan fingerprint density at radius 1 is 0.952 bits per heavy atom. The lowest BCUT2D eigenvalue weighted by atomic mass is 9.68. The normalized spacial score (nSPS) is 25.8. The van der Waals surface area contributed by atoms with Crippen molar-refractivity contribution in [1.29, 1.82) is 0 Å². The summed E-state index contributed by atoms with van der Waals surface area (Å²) >= 11 is 0. The molecule has 2 nitrogen and oxygen atoms in total. The van der Waals surface area contributed by atoms with Crippen LogP contribution < -0.4 is 4.90 Å². The summed E-state index contributed by atoms with van der Waals surface area (Å²) < 4.78 is 0. The van der Waals surface area contributed by atoms with Crippen molar-refractivity contribution in [2.45, 2.75) is 58.3 Å². The molecule has 0 bridgehead atoms. The highest BCUT2D eigenvalue weighted by atomic mass is 16.2. The summed E-state index contributed by atoms with van der Waals surface area (Å²) in [6.07, 6.45) is 9.81. The highest BCUT2D eigenvalue weighted by Gasteiger charge is 2.55. The zero-order valence-electron chi connectivity index (χ0n) is 13.0. The van der Waals surface area contributed by atoms with Crippen molar-refractivity contribution in [1.82, 2.24) is 0 Å². The quantitative estimate of drug-likeness (QED) is 0.791. The molecule has 4 rings (SSSR count). The monoisotopic (exact) mass is 283 g/mol. The molecule has 2 heteroatoms. The summed E-state index contributed by atoms with van der Waals surface area (Å²) in [4.78, 5) is 15.0. The molecule has 0 unspecified atom stereocenters. The smallest absolute Gasteiger partial charge is 0.233 e. The number of benzene rings is 1. The van der Waals surface area contributed by atoms with Crippen LogP contribution in [0, 0.1) is 10.8 Å². The van der Waals surface area contributed by atoms with Gasteiger partial charge in [-0.05, 0) is 74.5 Å². The van der Waals surface area contributed by atoms with Gasteiger partial charge in [-0.1, -0.05) is 19.1 Å². The second kappa shape index (κ2) is 4.59. The van der Waals surface area contributed by atoms with Crippen LogP contribution in [0.25, 0.3) is 0 Å². The molecule has 1 heterocycles. The Morgan fingerprint density at radius 2 is 1.57 bits per heavy atom. The SMILES string of the molecule is CCc1ccc(N2CCC3(CCC4(CC4)CC3)C2=O)cc1. The lowest BCUT2D eigenvalue weighted by Crippen LogP contribution is -2.37. The first kappa shape index (κ1) is 13.4. The van der Waals surface area contributed by atoms with Gasteiger partial charge in [0, 0.05) is 12.2 Å². The molecule has 21 heavy (non-hydrogen) atoms. The molecule has 1 amide bonds. The Bertz CT molecular complexity index is 545. The molecule has 1 saturated heterocycles. The maximum atomic E-state index is 13.0. The molecule has 112 valence electrons. The van der Waals surface area contributed by atoms with Crippen LogP contribution in [0.3, 0.4) is 0 Å². The molecule has 0 N–H and O–H groups in total. The van der Waals surface area contributed by atoms with Crippen LogP contribution in [0.2, 0.25) is 0 Å². The minimum absolute atomic E-state index is 0.0166. The molecular weight excluding hydrogens is 258 g/mol. The van der Waals surface area contributed by atoms with E-state index in [2.05, 4.69) is 31.2 Å². The van der Waals surface area contributed by atoms with Gasteiger partial charge in [-0.2, -0.15) is 0 Å². The second-order valence-electron chi connectivity index (χ2n) is 7.51. The number of anilines is 1. The van der Waals surface area contributed by atoms with E-state index in [1.807, 2.05) is 4.90 Å². The third-order valence-electron chi connectivity index (χ3n) is 6.39. The standard InChI is InChI=1S/C19H25NO/c1-2-15-3-5-16(6-4-15)20-14-13-19(17(20)21)11-9-18(7-8-18)10-12-19/h3-6H,2,7-14H2,1H3. The molecule has 0 atom stereocenters. The fourth-order valence-electron chi connectivity index (χ4n) is 4.38. The molecule has 0 aromatic heterocycles. The Morgan fingerprint density at radius 3 is 2.14 bits per heavy atom. The van der Waals surface area contributed by atoms with Gasteiger partial charge in [-0.25, -0.2) is 0 Å². The Kier molecular flexibility index (Phi) is 2.92. The van der Waals surface area contributed by atoms with E-state index in [9.17, 15) is 4.79 Å². The summed E-state index contributed by atoms with van der Waals surface area (Å²) in [5.41, 5.74) is 3.09. The molecule has 1 aromatic rings. The Balaban J connectivity index is 1.52. The van der Waals surface area contributed by atoms with E-state index in [4.69, 9.17) is 0 Å². The van der Waals surface area contributed by atoms with E-state index in [-0.39, 0.29) is 5.41 Å². The third kappa shape index (κ3) is 2.11. The summed E-state index contributed by atoms with van der Waals surface area (Å²) in [5.74, 6) is 0.405. The number of nitrogens with zero attached hydrogens (tertiary/aromatic N) is 1. The number of carbonyl (C=O) groups excluding carboxylic acids is 1. The molecular formula is C19H25NO. The van der Waals surface area contributed by atoms with E-state index in [0.29, 0.717) is 11.3 Å². The zero-order chi connectivity index (χ0) is 14.5. The number of amides is 1. The van der Waals surface area contributed by atoms with Crippen LogP contribution in [-0.2, 0) is 11.2 Å². The van der Waals surface area contributed by atoms with E-state index >= 15 is 0 Å². The fourth-order valence-corrected chi connectivity index (χ4v) is 4.38. The van der Waals surface area contributed by atoms with Gasteiger partial charge in [-0.15, -0.1) is 0 Å². The number of rotatable bonds is 2. The highest BCUT2D eigenvalue weighted by molar-refractivity contribution is 6.00. The summed E-state index contributed by atoms with van der Waals surface area (Å²) in [5, 5.41) is 0. The van der Waals surface area contributed by atoms with Gasteiger partial charge in [0.1, 0.15) is 0 Å². The molecule has 2 aliphatic carbocycles. The first-order chi connectivity index (χ1) is 10.2. The average molecular weight is 283 g/mol. The molecule has 0 radical (unpaired) electrons. The van der Waals surface area contributed by atoms with Gasteiger partial charge in [0.15, 0.2) is 0 Å². The summed E-state index contributed by atoms with van der Waals surface area (Å²) in [6.45, 7) is 3.08. The van der Waals surface area contributed by atoms with Crippen molar-refractivity contribution < 1.29 is 4.79 Å². The van der Waals surface area contributed by atoms with Crippen LogP contribution in [0.4, 0.5) is 5.69 Å². The highest BCUT2D eigenvalue weighted by Crippen LogP contribution is 2.61. The van der Waals surface area contributed by atoms with Crippen molar-refractivity contribution in [3.8, 4) is 0 Å². The minimum Gasteiger partial charge on any atom is -0.312 e. The summed E-state index contributed by atoms with van der Waals surface area (Å²) in [7, 11) is 0. The van der Waals surface area contributed by atoms with Crippen LogP contribution >= 0.6 is 0 Å². The zero-order valence-corrected chi connectivity index (χ0v) is 13.0.